The van der Waals surface area contributed by atoms with Gasteiger partial charge in [-0.2, -0.15) is 0 Å². The fourth-order valence-corrected chi connectivity index (χ4v) is 4.79. The normalized spacial score (nSPS) is 18.7. The number of aryl methyl sites for hydroxylation is 1. The van der Waals surface area contributed by atoms with E-state index in [-0.39, 0.29) is 5.91 Å². The Kier molecular flexibility index (Phi) is 5.86. The first-order valence-electron chi connectivity index (χ1n) is 8.87. The molecule has 1 N–H and O–H groups in total. The van der Waals surface area contributed by atoms with Crippen LogP contribution in [0.1, 0.15) is 65.6 Å². The summed E-state index contributed by atoms with van der Waals surface area (Å²) >= 11 is 2.97. The van der Waals surface area contributed by atoms with Crippen LogP contribution in [0.25, 0.3) is 0 Å². The van der Waals surface area contributed by atoms with Gasteiger partial charge < -0.3 is 0 Å². The molecule has 1 amide bonds. The van der Waals surface area contributed by atoms with E-state index in [1.54, 1.807) is 0 Å². The van der Waals surface area contributed by atoms with Gasteiger partial charge in [0, 0.05) is 24.4 Å². The highest BCUT2D eigenvalue weighted by molar-refractivity contribution is 7.15. The van der Waals surface area contributed by atoms with E-state index < -0.39 is 0 Å². The average Bonchev–Trinajstić information content (AvgIpc) is 3.14. The summed E-state index contributed by atoms with van der Waals surface area (Å²) in [6, 6.07) is 0. The van der Waals surface area contributed by atoms with E-state index in [9.17, 15) is 4.79 Å². The van der Waals surface area contributed by atoms with Gasteiger partial charge in [0.1, 0.15) is 4.88 Å². The molecule has 0 bridgehead atoms. The Morgan fingerprint density at radius 3 is 2.92 bits per heavy atom. The summed E-state index contributed by atoms with van der Waals surface area (Å²) < 4.78 is 0. The van der Waals surface area contributed by atoms with Crippen molar-refractivity contribution in [1.82, 2.24) is 14.9 Å². The van der Waals surface area contributed by atoms with Gasteiger partial charge in [0.2, 0.25) is 0 Å². The van der Waals surface area contributed by atoms with Crippen LogP contribution < -0.4 is 5.32 Å². The van der Waals surface area contributed by atoms with Crippen LogP contribution in [0.2, 0.25) is 0 Å². The third-order valence-corrected chi connectivity index (χ3v) is 6.68. The number of thiazole rings is 2. The van der Waals surface area contributed by atoms with Crippen molar-refractivity contribution >= 4 is 33.7 Å². The van der Waals surface area contributed by atoms with Crippen LogP contribution in [0.5, 0.6) is 0 Å². The number of likely N-dealkylation sites (tertiary alicyclic amines) is 1. The van der Waals surface area contributed by atoms with Crippen LogP contribution in [0, 0.1) is 12.8 Å². The summed E-state index contributed by atoms with van der Waals surface area (Å²) in [5.74, 6) is 0.995. The van der Waals surface area contributed by atoms with E-state index in [1.165, 1.54) is 35.5 Å². The molecule has 0 aromatic carbocycles. The third kappa shape index (κ3) is 4.65. The molecule has 3 heterocycles. The second-order valence-electron chi connectivity index (χ2n) is 7.20. The highest BCUT2D eigenvalue weighted by atomic mass is 32.1. The fourth-order valence-electron chi connectivity index (χ4n) is 3.13. The molecule has 1 aliphatic rings. The molecule has 0 aliphatic carbocycles. The summed E-state index contributed by atoms with van der Waals surface area (Å²) in [7, 11) is 0. The second-order valence-corrected chi connectivity index (χ2v) is 9.09. The minimum absolute atomic E-state index is 0.102. The number of carbonyl (C=O) groups is 1. The molecule has 3 rings (SSSR count). The van der Waals surface area contributed by atoms with E-state index in [0.717, 1.165) is 41.9 Å². The monoisotopic (exact) mass is 378 g/mol. The fraction of sp³-hybridized carbons (Fsp3) is 0.611. The molecule has 1 fully saturated rings. The first kappa shape index (κ1) is 18.5. The maximum atomic E-state index is 12.5. The van der Waals surface area contributed by atoms with E-state index in [2.05, 4.69) is 41.0 Å². The average molecular weight is 379 g/mol. The molecule has 0 saturated carbocycles. The zero-order chi connectivity index (χ0) is 18.0. The van der Waals surface area contributed by atoms with Crippen molar-refractivity contribution in [2.45, 2.75) is 53.0 Å². The van der Waals surface area contributed by atoms with Crippen molar-refractivity contribution in [1.29, 1.82) is 0 Å². The van der Waals surface area contributed by atoms with Crippen molar-refractivity contribution in [3.05, 3.63) is 26.7 Å². The molecule has 1 saturated heterocycles. The Balaban J connectivity index is 1.62. The predicted molar refractivity (Wildman–Crippen MR) is 105 cm³/mol. The number of anilines is 1. The minimum Gasteiger partial charge on any atom is -0.297 e. The minimum atomic E-state index is -0.102. The molecule has 2 aromatic heterocycles. The number of rotatable bonds is 5. The van der Waals surface area contributed by atoms with Gasteiger partial charge >= 0.3 is 0 Å². The number of piperidine rings is 1. The van der Waals surface area contributed by atoms with Crippen molar-refractivity contribution < 1.29 is 4.79 Å². The lowest BCUT2D eigenvalue weighted by atomic mass is 10.0. The Labute approximate surface area is 157 Å². The quantitative estimate of drug-likeness (QED) is 0.831. The number of carbonyl (C=O) groups excluding carboxylic acids is 1. The predicted octanol–water partition coefficient (Wildman–Crippen LogP) is 4.52. The lowest BCUT2D eigenvalue weighted by molar-refractivity contribution is 0.103. The molecular formula is C18H26N4OS2. The Hall–Kier alpha value is -1.31. The second kappa shape index (κ2) is 7.93. The Morgan fingerprint density at radius 1 is 1.44 bits per heavy atom. The summed E-state index contributed by atoms with van der Waals surface area (Å²) in [6.45, 7) is 11.5. The van der Waals surface area contributed by atoms with Gasteiger partial charge in [-0.25, -0.2) is 9.97 Å². The summed E-state index contributed by atoms with van der Waals surface area (Å²) in [5, 5.41) is 6.66. The molecule has 0 radical (unpaired) electrons. The van der Waals surface area contributed by atoms with Crippen molar-refractivity contribution in [3.8, 4) is 0 Å². The van der Waals surface area contributed by atoms with Gasteiger partial charge in [-0.15, -0.1) is 22.7 Å². The van der Waals surface area contributed by atoms with Crippen LogP contribution in [-0.4, -0.2) is 33.9 Å². The number of nitrogens with one attached hydrogen (secondary N) is 1. The number of hydrogen-bond donors (Lipinski definition) is 1. The van der Waals surface area contributed by atoms with E-state index in [0.29, 0.717) is 15.9 Å². The van der Waals surface area contributed by atoms with E-state index in [4.69, 9.17) is 0 Å². The summed E-state index contributed by atoms with van der Waals surface area (Å²) in [6.07, 6.45) is 2.58. The van der Waals surface area contributed by atoms with Gasteiger partial charge in [0.05, 0.1) is 16.4 Å². The van der Waals surface area contributed by atoms with Gasteiger partial charge in [-0.3, -0.25) is 15.0 Å². The largest absolute Gasteiger partial charge is 0.297 e. The topological polar surface area (TPSA) is 58.1 Å². The van der Waals surface area contributed by atoms with Crippen LogP contribution in [0.4, 0.5) is 5.13 Å². The lowest BCUT2D eigenvalue weighted by Crippen LogP contribution is -2.33. The first-order valence-corrected chi connectivity index (χ1v) is 10.6. The standard InChI is InChI=1S/C18H26N4OS2/c1-11(2)17-19-13(4)15(25-17)16(23)21-18-20-14(10-24-18)9-22-7-5-6-12(3)8-22/h10-12H,5-9H2,1-4H3,(H,20,21,23). The lowest BCUT2D eigenvalue weighted by Gasteiger charge is -2.30. The molecule has 136 valence electrons. The maximum absolute atomic E-state index is 12.5. The van der Waals surface area contributed by atoms with Gasteiger partial charge in [-0.1, -0.05) is 20.8 Å². The zero-order valence-electron chi connectivity index (χ0n) is 15.3. The van der Waals surface area contributed by atoms with Crippen molar-refractivity contribution in [2.24, 2.45) is 5.92 Å². The molecule has 7 heteroatoms. The Bertz CT molecular complexity index is 737. The zero-order valence-corrected chi connectivity index (χ0v) is 17.0. The maximum Gasteiger partial charge on any atom is 0.269 e. The summed E-state index contributed by atoms with van der Waals surface area (Å²) in [5.41, 5.74) is 1.84. The number of nitrogens with zero attached hydrogens (tertiary/aromatic N) is 3. The number of amides is 1. The SMILES string of the molecule is Cc1nc(C(C)C)sc1C(=O)Nc1nc(CN2CCCC(C)C2)cs1. The van der Waals surface area contributed by atoms with E-state index >= 15 is 0 Å². The van der Waals surface area contributed by atoms with Crippen LogP contribution in [0.3, 0.4) is 0 Å². The molecule has 1 atom stereocenters. The third-order valence-electron chi connectivity index (χ3n) is 4.41. The highest BCUT2D eigenvalue weighted by Gasteiger charge is 2.20. The molecule has 25 heavy (non-hydrogen) atoms. The molecular weight excluding hydrogens is 352 g/mol. The van der Waals surface area contributed by atoms with Gasteiger partial charge in [0.25, 0.3) is 5.91 Å². The Morgan fingerprint density at radius 2 is 2.24 bits per heavy atom. The number of hydrogen-bond acceptors (Lipinski definition) is 6. The highest BCUT2D eigenvalue weighted by Crippen LogP contribution is 2.26. The van der Waals surface area contributed by atoms with E-state index in [1.807, 2.05) is 12.3 Å². The van der Waals surface area contributed by atoms with Crippen molar-refractivity contribution in [3.63, 3.8) is 0 Å². The van der Waals surface area contributed by atoms with Crippen LogP contribution >= 0.6 is 22.7 Å². The molecule has 1 aliphatic heterocycles. The molecule has 1 unspecified atom stereocenters. The van der Waals surface area contributed by atoms with Crippen molar-refractivity contribution in [2.75, 3.05) is 18.4 Å². The van der Waals surface area contributed by atoms with Crippen LogP contribution in [-0.2, 0) is 6.54 Å². The first-order chi connectivity index (χ1) is 11.9. The molecule has 5 nitrogen and oxygen atoms in total. The van der Waals surface area contributed by atoms with Crippen LogP contribution in [0.15, 0.2) is 5.38 Å². The van der Waals surface area contributed by atoms with Gasteiger partial charge in [-0.05, 0) is 32.2 Å². The summed E-state index contributed by atoms with van der Waals surface area (Å²) in [4.78, 5) is 24.8. The molecule has 2 aromatic rings. The molecule has 0 spiro atoms. The smallest absolute Gasteiger partial charge is 0.269 e. The van der Waals surface area contributed by atoms with Gasteiger partial charge in [0.15, 0.2) is 5.13 Å². The number of aromatic nitrogens is 2.